The fraction of sp³-hybridized carbons (Fsp3) is 0.333. The fourth-order valence-electron chi connectivity index (χ4n) is 3.30. The highest BCUT2D eigenvalue weighted by Crippen LogP contribution is 2.13. The maximum Gasteiger partial charge on any atom is 0.338 e. The molecule has 38 heavy (non-hydrogen) atoms. The summed E-state index contributed by atoms with van der Waals surface area (Å²) in [7, 11) is 0. The second-order valence-corrected chi connectivity index (χ2v) is 8.87. The van der Waals surface area contributed by atoms with Gasteiger partial charge in [-0.1, -0.05) is 23.8 Å². The van der Waals surface area contributed by atoms with Gasteiger partial charge in [0.05, 0.1) is 16.7 Å². The Bertz CT molecular complexity index is 1200. The quantitative estimate of drug-likeness (QED) is 0.220. The molecular weight excluding hydrogens is 488 g/mol. The monoisotopic (exact) mass is 522 g/mol. The molecule has 0 bridgehead atoms. The zero-order valence-corrected chi connectivity index (χ0v) is 22.5. The van der Waals surface area contributed by atoms with Gasteiger partial charge in [0.25, 0.3) is 0 Å². The van der Waals surface area contributed by atoms with Gasteiger partial charge in [0.2, 0.25) is 0 Å². The number of aryl methyl sites for hydroxylation is 1. The maximum absolute atomic E-state index is 12.6. The Morgan fingerprint density at radius 3 is 1.29 bits per heavy atom. The molecule has 0 aliphatic heterocycles. The SMILES string of the molecule is CC(=O)OC(C)/C=C/C(C)OC(=O)c1cccc(C(=O)OC(C)/C=C/C(C)OC(=O)c2cccc(C)c2)c1. The smallest absolute Gasteiger partial charge is 0.338 e. The summed E-state index contributed by atoms with van der Waals surface area (Å²) in [4.78, 5) is 48.4. The van der Waals surface area contributed by atoms with E-state index >= 15 is 0 Å². The van der Waals surface area contributed by atoms with Crippen LogP contribution in [0.15, 0.2) is 72.8 Å². The van der Waals surface area contributed by atoms with Crippen LogP contribution >= 0.6 is 0 Å². The Hall–Kier alpha value is -4.20. The lowest BCUT2D eigenvalue weighted by molar-refractivity contribution is -0.143. The molecule has 4 atom stereocenters. The van der Waals surface area contributed by atoms with Gasteiger partial charge in [0.15, 0.2) is 0 Å². The lowest BCUT2D eigenvalue weighted by Gasteiger charge is -2.13. The van der Waals surface area contributed by atoms with Gasteiger partial charge in [-0.3, -0.25) is 4.79 Å². The van der Waals surface area contributed by atoms with E-state index in [9.17, 15) is 19.2 Å². The largest absolute Gasteiger partial charge is 0.459 e. The summed E-state index contributed by atoms with van der Waals surface area (Å²) in [5.74, 6) is -2.09. The molecule has 0 aromatic heterocycles. The second-order valence-electron chi connectivity index (χ2n) is 8.87. The van der Waals surface area contributed by atoms with Crippen molar-refractivity contribution >= 4 is 23.9 Å². The number of hydrogen-bond acceptors (Lipinski definition) is 8. The van der Waals surface area contributed by atoms with Crippen LogP contribution in [0.3, 0.4) is 0 Å². The van der Waals surface area contributed by atoms with Crippen LogP contribution in [-0.2, 0) is 23.7 Å². The Labute approximate surface area is 223 Å². The number of hydrogen-bond donors (Lipinski definition) is 0. The van der Waals surface area contributed by atoms with Crippen molar-refractivity contribution in [2.24, 2.45) is 0 Å². The minimum Gasteiger partial charge on any atom is -0.459 e. The Balaban J connectivity index is 1.90. The first-order chi connectivity index (χ1) is 17.9. The van der Waals surface area contributed by atoms with Crippen molar-refractivity contribution in [2.75, 3.05) is 0 Å². The number of esters is 4. The van der Waals surface area contributed by atoms with E-state index in [0.717, 1.165) is 5.56 Å². The third kappa shape index (κ3) is 10.4. The van der Waals surface area contributed by atoms with Crippen molar-refractivity contribution in [1.29, 1.82) is 0 Å². The highest BCUT2D eigenvalue weighted by atomic mass is 16.6. The first-order valence-electron chi connectivity index (χ1n) is 12.3. The topological polar surface area (TPSA) is 105 Å². The van der Waals surface area contributed by atoms with E-state index in [0.29, 0.717) is 5.56 Å². The molecule has 2 rings (SSSR count). The van der Waals surface area contributed by atoms with Crippen LogP contribution in [0.5, 0.6) is 0 Å². The van der Waals surface area contributed by atoms with E-state index in [1.54, 1.807) is 76.3 Å². The minimum absolute atomic E-state index is 0.185. The van der Waals surface area contributed by atoms with Crippen LogP contribution in [0.4, 0.5) is 0 Å². The molecule has 202 valence electrons. The number of carbonyl (C=O) groups is 4. The van der Waals surface area contributed by atoms with E-state index in [-0.39, 0.29) is 11.1 Å². The summed E-state index contributed by atoms with van der Waals surface area (Å²) in [6.45, 7) is 9.95. The third-order valence-electron chi connectivity index (χ3n) is 5.12. The minimum atomic E-state index is -0.621. The summed E-state index contributed by atoms with van der Waals surface area (Å²) in [5.41, 5.74) is 1.79. The molecule has 0 aliphatic rings. The van der Waals surface area contributed by atoms with E-state index in [4.69, 9.17) is 18.9 Å². The van der Waals surface area contributed by atoms with E-state index in [2.05, 4.69) is 0 Å². The molecule has 8 nitrogen and oxygen atoms in total. The van der Waals surface area contributed by atoms with Gasteiger partial charge in [-0.05, 0) is 89.3 Å². The zero-order chi connectivity index (χ0) is 28.2. The maximum atomic E-state index is 12.6. The summed E-state index contributed by atoms with van der Waals surface area (Å²) >= 11 is 0. The number of rotatable bonds is 11. The van der Waals surface area contributed by atoms with Gasteiger partial charge in [0.1, 0.15) is 24.4 Å². The molecular formula is C30H34O8. The first kappa shape index (κ1) is 30.0. The van der Waals surface area contributed by atoms with Crippen LogP contribution in [0.25, 0.3) is 0 Å². The van der Waals surface area contributed by atoms with Crippen LogP contribution in [0.2, 0.25) is 0 Å². The normalized spacial score (nSPS) is 14.4. The Morgan fingerprint density at radius 2 is 0.921 bits per heavy atom. The summed E-state index contributed by atoms with van der Waals surface area (Å²) in [5, 5.41) is 0. The predicted molar refractivity (Wildman–Crippen MR) is 142 cm³/mol. The van der Waals surface area contributed by atoms with Crippen LogP contribution in [0, 0.1) is 6.92 Å². The lowest BCUT2D eigenvalue weighted by atomic mass is 10.1. The van der Waals surface area contributed by atoms with Crippen LogP contribution < -0.4 is 0 Å². The van der Waals surface area contributed by atoms with E-state index < -0.39 is 48.3 Å². The van der Waals surface area contributed by atoms with Gasteiger partial charge >= 0.3 is 23.9 Å². The van der Waals surface area contributed by atoms with E-state index in [1.165, 1.54) is 25.1 Å². The standard InChI is InChI=1S/C30H34O8/c1-19-9-7-10-25(17-19)28(32)36-22(4)15-16-23(5)38-30(34)27-12-8-11-26(18-27)29(33)37-21(3)14-13-20(2)35-24(6)31/h7-18,20-23H,1-6H3/b14-13+,16-15+. The third-order valence-corrected chi connectivity index (χ3v) is 5.12. The molecule has 0 spiro atoms. The zero-order valence-electron chi connectivity index (χ0n) is 22.5. The van der Waals surface area contributed by atoms with Gasteiger partial charge in [0, 0.05) is 6.92 Å². The molecule has 8 heteroatoms. The molecule has 0 aliphatic carbocycles. The van der Waals surface area contributed by atoms with Crippen LogP contribution in [0.1, 0.15) is 71.3 Å². The Morgan fingerprint density at radius 1 is 0.579 bits per heavy atom. The average molecular weight is 523 g/mol. The summed E-state index contributed by atoms with van der Waals surface area (Å²) in [6.07, 6.45) is 4.31. The molecule has 4 unspecified atom stereocenters. The lowest BCUT2D eigenvalue weighted by Crippen LogP contribution is -2.17. The van der Waals surface area contributed by atoms with Crippen molar-refractivity contribution < 1.29 is 38.1 Å². The fourth-order valence-corrected chi connectivity index (χ4v) is 3.30. The van der Waals surface area contributed by atoms with E-state index in [1.807, 2.05) is 13.0 Å². The molecule has 0 saturated heterocycles. The number of ether oxygens (including phenoxy) is 4. The molecule has 2 aromatic rings. The van der Waals surface area contributed by atoms with Crippen LogP contribution in [-0.4, -0.2) is 48.3 Å². The van der Waals surface area contributed by atoms with Gasteiger partial charge in [-0.2, -0.15) is 0 Å². The van der Waals surface area contributed by atoms with Crippen molar-refractivity contribution in [3.05, 3.63) is 95.1 Å². The van der Waals surface area contributed by atoms with Crippen molar-refractivity contribution in [3.8, 4) is 0 Å². The highest BCUT2D eigenvalue weighted by Gasteiger charge is 2.16. The molecule has 0 N–H and O–H groups in total. The Kier molecular flexibility index (Phi) is 11.5. The average Bonchev–Trinajstić information content (AvgIpc) is 2.86. The highest BCUT2D eigenvalue weighted by molar-refractivity contribution is 5.95. The number of carbonyl (C=O) groups excluding carboxylic acids is 4. The molecule has 0 amide bonds. The molecule has 0 heterocycles. The molecule has 0 fully saturated rings. The number of benzene rings is 2. The van der Waals surface area contributed by atoms with Crippen molar-refractivity contribution in [2.45, 2.75) is 66.0 Å². The molecule has 0 radical (unpaired) electrons. The second kappa shape index (κ2) is 14.5. The van der Waals surface area contributed by atoms with Gasteiger partial charge in [-0.25, -0.2) is 14.4 Å². The van der Waals surface area contributed by atoms with Crippen molar-refractivity contribution in [3.63, 3.8) is 0 Å². The summed E-state index contributed by atoms with van der Waals surface area (Å²) < 4.78 is 21.2. The first-order valence-corrected chi connectivity index (χ1v) is 12.3. The molecule has 0 saturated carbocycles. The van der Waals surface area contributed by atoms with Gasteiger partial charge < -0.3 is 18.9 Å². The molecule has 2 aromatic carbocycles. The van der Waals surface area contributed by atoms with Gasteiger partial charge in [-0.15, -0.1) is 0 Å². The predicted octanol–water partition coefficient (Wildman–Crippen LogP) is 5.40. The van der Waals surface area contributed by atoms with Crippen molar-refractivity contribution in [1.82, 2.24) is 0 Å². The summed E-state index contributed by atoms with van der Waals surface area (Å²) in [6, 6.07) is 13.1.